The zero-order valence-electron chi connectivity index (χ0n) is 15.1. The Balaban J connectivity index is 1.48. The van der Waals surface area contributed by atoms with E-state index in [1.165, 1.54) is 16.7 Å². The van der Waals surface area contributed by atoms with Crippen LogP contribution in [0.25, 0.3) is 0 Å². The summed E-state index contributed by atoms with van der Waals surface area (Å²) < 4.78 is 6.29. The molecule has 0 aromatic heterocycles. The topological polar surface area (TPSA) is 33.6 Å². The summed E-state index contributed by atoms with van der Waals surface area (Å²) in [6.45, 7) is 2.90. The monoisotopic (exact) mass is 344 g/mol. The maximum absolute atomic E-state index is 6.29. The van der Waals surface area contributed by atoms with Gasteiger partial charge < -0.3 is 10.2 Å². The summed E-state index contributed by atoms with van der Waals surface area (Å²) in [5.74, 6) is 1.13. The molecular formula is C23H24N2O. The number of hydrazone groups is 1. The quantitative estimate of drug-likeness (QED) is 0.875. The smallest absolute Gasteiger partial charge is 0.238 e. The fourth-order valence-electron chi connectivity index (χ4n) is 3.43. The normalized spacial score (nSPS) is 22.5. The summed E-state index contributed by atoms with van der Waals surface area (Å²) in [6, 6.07) is 19.0. The van der Waals surface area contributed by atoms with Crippen LogP contribution in [0.3, 0.4) is 0 Å². The van der Waals surface area contributed by atoms with Crippen LogP contribution >= 0.6 is 0 Å². The van der Waals surface area contributed by atoms with Gasteiger partial charge in [0.05, 0.1) is 0 Å². The van der Waals surface area contributed by atoms with Crippen molar-refractivity contribution in [3.8, 4) is 0 Å². The first-order chi connectivity index (χ1) is 12.8. The number of hydrogen-bond acceptors (Lipinski definition) is 3. The van der Waals surface area contributed by atoms with Crippen LogP contribution in [-0.2, 0) is 4.74 Å². The number of hydrogen-bond donors (Lipinski definition) is 1. The molecule has 0 saturated heterocycles. The summed E-state index contributed by atoms with van der Waals surface area (Å²) in [5.41, 5.74) is 7.99. The second-order valence-electron chi connectivity index (χ2n) is 6.90. The van der Waals surface area contributed by atoms with E-state index in [0.717, 1.165) is 24.9 Å². The molecule has 4 rings (SSSR count). The Labute approximate surface area is 155 Å². The van der Waals surface area contributed by atoms with Gasteiger partial charge in [-0.05, 0) is 36.6 Å². The lowest BCUT2D eigenvalue weighted by Crippen LogP contribution is -2.21. The molecule has 2 aromatic rings. The lowest BCUT2D eigenvalue weighted by atomic mass is 9.88. The average Bonchev–Trinajstić information content (AvgIpc) is 2.96. The van der Waals surface area contributed by atoms with Crippen molar-refractivity contribution in [3.05, 3.63) is 95.1 Å². The first kappa shape index (κ1) is 16.6. The van der Waals surface area contributed by atoms with Crippen molar-refractivity contribution >= 4 is 5.90 Å². The molecule has 2 unspecified atom stereocenters. The first-order valence-electron chi connectivity index (χ1n) is 9.27. The van der Waals surface area contributed by atoms with Crippen molar-refractivity contribution < 1.29 is 4.74 Å². The molecule has 0 amide bonds. The molecule has 3 nitrogen and oxygen atoms in total. The van der Waals surface area contributed by atoms with Crippen LogP contribution in [-0.4, -0.2) is 18.5 Å². The van der Waals surface area contributed by atoms with Gasteiger partial charge >= 0.3 is 0 Å². The van der Waals surface area contributed by atoms with E-state index in [9.17, 15) is 0 Å². The van der Waals surface area contributed by atoms with E-state index < -0.39 is 0 Å². The minimum atomic E-state index is 0.0398. The second kappa shape index (κ2) is 7.61. The SMILES string of the molecule is Cc1ccc(C2=NNCCC(C3=CCC(c4ccccc4)C=C3)O2)cc1. The van der Waals surface area contributed by atoms with Crippen LogP contribution in [0.15, 0.2) is 83.5 Å². The van der Waals surface area contributed by atoms with E-state index in [1.807, 2.05) is 0 Å². The summed E-state index contributed by atoms with van der Waals surface area (Å²) in [6.07, 6.45) is 8.81. The highest BCUT2D eigenvalue weighted by Crippen LogP contribution is 2.29. The van der Waals surface area contributed by atoms with Gasteiger partial charge in [-0.3, -0.25) is 0 Å². The van der Waals surface area contributed by atoms with E-state index in [1.54, 1.807) is 0 Å². The minimum absolute atomic E-state index is 0.0398. The number of benzene rings is 2. The van der Waals surface area contributed by atoms with Crippen molar-refractivity contribution in [2.75, 3.05) is 6.54 Å². The highest BCUT2D eigenvalue weighted by Gasteiger charge is 2.22. The molecule has 1 heterocycles. The molecule has 0 spiro atoms. The van der Waals surface area contributed by atoms with Crippen LogP contribution in [0.5, 0.6) is 0 Å². The maximum Gasteiger partial charge on any atom is 0.238 e. The third kappa shape index (κ3) is 3.72. The Morgan fingerprint density at radius 3 is 2.58 bits per heavy atom. The maximum atomic E-state index is 6.29. The van der Waals surface area contributed by atoms with Gasteiger partial charge in [0, 0.05) is 24.4 Å². The summed E-state index contributed by atoms with van der Waals surface area (Å²) in [7, 11) is 0. The molecular weight excluding hydrogens is 320 g/mol. The number of aryl methyl sites for hydroxylation is 1. The van der Waals surface area contributed by atoms with Crippen molar-refractivity contribution in [2.45, 2.75) is 31.8 Å². The molecule has 26 heavy (non-hydrogen) atoms. The van der Waals surface area contributed by atoms with Crippen LogP contribution in [0, 0.1) is 6.92 Å². The van der Waals surface area contributed by atoms with Crippen LogP contribution in [0.1, 0.15) is 35.4 Å². The third-order valence-corrected chi connectivity index (χ3v) is 4.98. The number of rotatable bonds is 3. The summed E-state index contributed by atoms with van der Waals surface area (Å²) in [4.78, 5) is 0. The first-order valence-corrected chi connectivity index (χ1v) is 9.27. The zero-order valence-corrected chi connectivity index (χ0v) is 15.1. The highest BCUT2D eigenvalue weighted by molar-refractivity contribution is 5.94. The van der Waals surface area contributed by atoms with Crippen LogP contribution < -0.4 is 5.43 Å². The number of allylic oxidation sites excluding steroid dienone is 2. The summed E-state index contributed by atoms with van der Waals surface area (Å²) in [5, 5.41) is 4.42. The predicted molar refractivity (Wildman–Crippen MR) is 106 cm³/mol. The highest BCUT2D eigenvalue weighted by atomic mass is 16.5. The molecule has 1 N–H and O–H groups in total. The number of nitrogens with one attached hydrogen (secondary N) is 1. The molecule has 2 aliphatic rings. The minimum Gasteiger partial charge on any atom is -0.468 e. The van der Waals surface area contributed by atoms with E-state index >= 15 is 0 Å². The standard InChI is InChI=1S/C23H24N2O/c1-17-7-9-21(10-8-17)23-25-24-16-15-22(26-23)20-13-11-19(12-14-20)18-5-3-2-4-6-18/h2-11,13-14,19,22,24H,12,15-16H2,1H3. The molecule has 2 atom stereocenters. The van der Waals surface area contributed by atoms with Crippen LogP contribution in [0.4, 0.5) is 0 Å². The number of nitrogens with zero attached hydrogens (tertiary/aromatic N) is 1. The molecule has 0 saturated carbocycles. The van der Waals surface area contributed by atoms with Crippen LogP contribution in [0.2, 0.25) is 0 Å². The molecule has 1 aliphatic carbocycles. The Morgan fingerprint density at radius 2 is 1.85 bits per heavy atom. The molecule has 0 bridgehead atoms. The van der Waals surface area contributed by atoms with Gasteiger partial charge in [-0.2, -0.15) is 0 Å². The third-order valence-electron chi connectivity index (χ3n) is 4.98. The summed E-state index contributed by atoms with van der Waals surface area (Å²) >= 11 is 0. The molecule has 132 valence electrons. The van der Waals surface area contributed by atoms with Crippen molar-refractivity contribution in [1.82, 2.24) is 5.43 Å². The largest absolute Gasteiger partial charge is 0.468 e. The fraction of sp³-hybridized carbons (Fsp3) is 0.261. The predicted octanol–water partition coefficient (Wildman–Crippen LogP) is 4.71. The van der Waals surface area contributed by atoms with Crippen molar-refractivity contribution in [2.24, 2.45) is 5.10 Å². The Morgan fingerprint density at radius 1 is 1.04 bits per heavy atom. The molecule has 0 radical (unpaired) electrons. The Kier molecular flexibility index (Phi) is 4.87. The lowest BCUT2D eigenvalue weighted by molar-refractivity contribution is 0.225. The van der Waals surface area contributed by atoms with E-state index in [4.69, 9.17) is 4.74 Å². The molecule has 2 aromatic carbocycles. The molecule has 1 aliphatic heterocycles. The van der Waals surface area contributed by atoms with Crippen molar-refractivity contribution in [1.29, 1.82) is 0 Å². The lowest BCUT2D eigenvalue weighted by Gasteiger charge is -2.23. The zero-order chi connectivity index (χ0) is 17.8. The van der Waals surface area contributed by atoms with Gasteiger partial charge in [0.25, 0.3) is 0 Å². The van der Waals surface area contributed by atoms with E-state index in [0.29, 0.717) is 11.8 Å². The fourth-order valence-corrected chi connectivity index (χ4v) is 3.43. The van der Waals surface area contributed by atoms with Gasteiger partial charge in [0.2, 0.25) is 5.90 Å². The Hall–Kier alpha value is -2.81. The molecule has 3 heteroatoms. The van der Waals surface area contributed by atoms with E-state index in [-0.39, 0.29) is 6.10 Å². The van der Waals surface area contributed by atoms with E-state index in [2.05, 4.69) is 90.3 Å². The average molecular weight is 344 g/mol. The Bertz CT molecular complexity index is 834. The van der Waals surface area contributed by atoms with Gasteiger partial charge in [0.1, 0.15) is 6.10 Å². The van der Waals surface area contributed by atoms with Gasteiger partial charge in [0.15, 0.2) is 0 Å². The van der Waals surface area contributed by atoms with Gasteiger partial charge in [-0.15, -0.1) is 5.10 Å². The second-order valence-corrected chi connectivity index (χ2v) is 6.90. The van der Waals surface area contributed by atoms with Gasteiger partial charge in [-0.1, -0.05) is 66.3 Å². The molecule has 0 fully saturated rings. The number of ether oxygens (including phenoxy) is 1. The van der Waals surface area contributed by atoms with Gasteiger partial charge in [-0.25, -0.2) is 0 Å². The van der Waals surface area contributed by atoms with Crippen molar-refractivity contribution in [3.63, 3.8) is 0 Å².